The number of benzene rings is 1. The number of para-hydroxylation sites is 1. The van der Waals surface area contributed by atoms with Gasteiger partial charge in [-0.05, 0) is 26.0 Å². The second-order valence-corrected chi connectivity index (χ2v) is 9.46. The zero-order valence-electron chi connectivity index (χ0n) is 12.1. The summed E-state index contributed by atoms with van der Waals surface area (Å²) >= 11 is 0. The normalized spacial score (nSPS) is 19.9. The number of sulfone groups is 1. The van der Waals surface area contributed by atoms with Gasteiger partial charge in [-0.15, -0.1) is 3.89 Å². The van der Waals surface area contributed by atoms with E-state index in [4.69, 9.17) is 0 Å². The lowest BCUT2D eigenvalue weighted by atomic mass is 10.3. The minimum atomic E-state index is -4.85. The van der Waals surface area contributed by atoms with Crippen molar-refractivity contribution < 1.29 is 25.5 Å². The van der Waals surface area contributed by atoms with Crippen LogP contribution in [0.5, 0.6) is 0 Å². The molecule has 22 heavy (non-hydrogen) atoms. The van der Waals surface area contributed by atoms with Gasteiger partial charge in [0.05, 0.1) is 15.8 Å². The molecule has 6 nitrogen and oxygen atoms in total. The molecule has 0 aromatic heterocycles. The molecule has 9 heteroatoms. The molecule has 0 saturated carbocycles. The van der Waals surface area contributed by atoms with E-state index in [0.29, 0.717) is 0 Å². The predicted molar refractivity (Wildman–Crippen MR) is 79.5 cm³/mol. The molecule has 0 radical (unpaired) electrons. The fourth-order valence-corrected chi connectivity index (χ4v) is 4.19. The Morgan fingerprint density at radius 2 is 1.77 bits per heavy atom. The summed E-state index contributed by atoms with van der Waals surface area (Å²) in [6.07, 6.45) is -0.491. The Labute approximate surface area is 129 Å². The maximum absolute atomic E-state index is 13.1. The van der Waals surface area contributed by atoms with Crippen LogP contribution >= 0.6 is 0 Å². The summed E-state index contributed by atoms with van der Waals surface area (Å²) in [5.74, 6) is -0.613. The van der Waals surface area contributed by atoms with E-state index < -0.39 is 42.9 Å². The van der Waals surface area contributed by atoms with E-state index in [1.54, 1.807) is 6.07 Å². The number of amides is 1. The van der Waals surface area contributed by atoms with Crippen molar-refractivity contribution in [2.75, 3.05) is 11.4 Å². The van der Waals surface area contributed by atoms with Crippen LogP contribution in [0.15, 0.2) is 29.2 Å². The standard InChI is InChI=1S/C13H16FNO5S2/c1-9(2)21(17,18)12-6-4-3-5-11(12)15-8-10(7-13(15)16)22(14,19)20/h3-6,9-10H,7-8H2,1-2H3. The zero-order chi connectivity index (χ0) is 16.7. The fourth-order valence-electron chi connectivity index (χ4n) is 2.27. The van der Waals surface area contributed by atoms with Crippen molar-refractivity contribution in [2.24, 2.45) is 0 Å². The van der Waals surface area contributed by atoms with Gasteiger partial charge in [0.25, 0.3) is 0 Å². The number of nitrogens with zero attached hydrogens (tertiary/aromatic N) is 1. The topological polar surface area (TPSA) is 88.6 Å². The number of halogens is 1. The molecular formula is C13H16FNO5S2. The van der Waals surface area contributed by atoms with Crippen LogP contribution in [-0.2, 0) is 24.9 Å². The van der Waals surface area contributed by atoms with Gasteiger partial charge in [0, 0.05) is 13.0 Å². The molecule has 1 aliphatic rings. The maximum Gasteiger partial charge on any atom is 0.307 e. The van der Waals surface area contributed by atoms with Crippen molar-refractivity contribution in [3.8, 4) is 0 Å². The quantitative estimate of drug-likeness (QED) is 0.764. The third kappa shape index (κ3) is 3.00. The molecule has 1 heterocycles. The van der Waals surface area contributed by atoms with Gasteiger partial charge >= 0.3 is 10.2 Å². The second-order valence-electron chi connectivity index (χ2n) is 5.37. The van der Waals surface area contributed by atoms with Crippen molar-refractivity contribution in [3.63, 3.8) is 0 Å². The monoisotopic (exact) mass is 349 g/mol. The van der Waals surface area contributed by atoms with Crippen LogP contribution in [-0.4, -0.2) is 39.8 Å². The van der Waals surface area contributed by atoms with Crippen molar-refractivity contribution in [3.05, 3.63) is 24.3 Å². The lowest BCUT2D eigenvalue weighted by molar-refractivity contribution is -0.117. The Balaban J connectivity index is 2.50. The van der Waals surface area contributed by atoms with Crippen molar-refractivity contribution >= 4 is 31.7 Å². The van der Waals surface area contributed by atoms with Crippen LogP contribution in [0.3, 0.4) is 0 Å². The van der Waals surface area contributed by atoms with E-state index in [1.165, 1.54) is 32.0 Å². The Morgan fingerprint density at radius 3 is 2.27 bits per heavy atom. The van der Waals surface area contributed by atoms with Crippen LogP contribution in [0.4, 0.5) is 9.57 Å². The first-order valence-corrected chi connectivity index (χ1v) is 9.61. The number of rotatable bonds is 4. The summed E-state index contributed by atoms with van der Waals surface area (Å²) in [6.45, 7) is 2.63. The fraction of sp³-hybridized carbons (Fsp3) is 0.462. The van der Waals surface area contributed by atoms with E-state index in [1.807, 2.05) is 0 Å². The molecule has 1 aliphatic heterocycles. The van der Waals surface area contributed by atoms with Crippen molar-refractivity contribution in [2.45, 2.75) is 35.7 Å². The average molecular weight is 349 g/mol. The molecule has 2 rings (SSSR count). The zero-order valence-corrected chi connectivity index (χ0v) is 13.7. The van der Waals surface area contributed by atoms with Gasteiger partial charge in [-0.2, -0.15) is 8.42 Å². The number of carbonyl (C=O) groups excluding carboxylic acids is 1. The Bertz CT molecular complexity index is 801. The van der Waals surface area contributed by atoms with E-state index in [-0.39, 0.29) is 17.1 Å². The van der Waals surface area contributed by atoms with Crippen LogP contribution in [0, 0.1) is 0 Å². The summed E-state index contributed by atoms with van der Waals surface area (Å²) in [7, 11) is -8.51. The molecule has 1 aromatic rings. The third-order valence-electron chi connectivity index (χ3n) is 3.57. The molecule has 1 aromatic carbocycles. The number of anilines is 1. The largest absolute Gasteiger partial charge is 0.310 e. The highest BCUT2D eigenvalue weighted by Crippen LogP contribution is 2.32. The van der Waals surface area contributed by atoms with E-state index in [2.05, 4.69) is 0 Å². The molecule has 0 bridgehead atoms. The summed E-state index contributed by atoms with van der Waals surface area (Å²) < 4.78 is 59.8. The van der Waals surface area contributed by atoms with Gasteiger partial charge in [0.15, 0.2) is 9.84 Å². The van der Waals surface area contributed by atoms with E-state index in [9.17, 15) is 25.5 Å². The van der Waals surface area contributed by atoms with Gasteiger partial charge < -0.3 is 4.90 Å². The SMILES string of the molecule is CC(C)S(=O)(=O)c1ccccc1N1CC(S(=O)(=O)F)CC1=O. The maximum atomic E-state index is 13.1. The molecule has 1 unspecified atom stereocenters. The summed E-state index contributed by atoms with van der Waals surface area (Å²) in [5.41, 5.74) is 0.0901. The first-order valence-electron chi connectivity index (χ1n) is 6.62. The number of hydrogen-bond acceptors (Lipinski definition) is 5. The van der Waals surface area contributed by atoms with Crippen molar-refractivity contribution in [1.29, 1.82) is 0 Å². The van der Waals surface area contributed by atoms with E-state index in [0.717, 1.165) is 4.90 Å². The lowest BCUT2D eigenvalue weighted by Gasteiger charge is -2.21. The van der Waals surface area contributed by atoms with Crippen LogP contribution in [0.25, 0.3) is 0 Å². The molecule has 1 fully saturated rings. The first kappa shape index (κ1) is 16.9. The first-order chi connectivity index (χ1) is 10.0. The molecule has 0 aliphatic carbocycles. The Hall–Kier alpha value is -1.48. The summed E-state index contributed by atoms with van der Waals surface area (Å²) in [5, 5.41) is -2.16. The van der Waals surface area contributed by atoms with E-state index >= 15 is 0 Å². The van der Waals surface area contributed by atoms with Crippen molar-refractivity contribution in [1.82, 2.24) is 0 Å². The minimum absolute atomic E-state index is 0.0599. The molecule has 0 spiro atoms. The Morgan fingerprint density at radius 1 is 1.18 bits per heavy atom. The van der Waals surface area contributed by atoms with Gasteiger partial charge in [-0.1, -0.05) is 12.1 Å². The van der Waals surface area contributed by atoms with Crippen LogP contribution in [0.2, 0.25) is 0 Å². The molecule has 1 saturated heterocycles. The summed E-state index contributed by atoms with van der Waals surface area (Å²) in [4.78, 5) is 12.9. The smallest absolute Gasteiger partial charge is 0.307 e. The van der Waals surface area contributed by atoms with Gasteiger partial charge in [-0.3, -0.25) is 4.79 Å². The molecule has 1 amide bonds. The van der Waals surface area contributed by atoms with Crippen LogP contribution in [0.1, 0.15) is 20.3 Å². The van der Waals surface area contributed by atoms with Gasteiger partial charge in [0.1, 0.15) is 5.25 Å². The number of hydrogen-bond donors (Lipinski definition) is 0. The third-order valence-corrected chi connectivity index (χ3v) is 6.88. The second kappa shape index (κ2) is 5.62. The summed E-state index contributed by atoms with van der Waals surface area (Å²) in [6, 6.07) is 5.83. The van der Waals surface area contributed by atoms with Gasteiger partial charge in [0.2, 0.25) is 5.91 Å². The highest BCUT2D eigenvalue weighted by molar-refractivity contribution is 7.92. The molecule has 1 atom stereocenters. The van der Waals surface area contributed by atoms with Gasteiger partial charge in [-0.25, -0.2) is 8.42 Å². The molecule has 122 valence electrons. The predicted octanol–water partition coefficient (Wildman–Crippen LogP) is 1.27. The highest BCUT2D eigenvalue weighted by atomic mass is 32.3. The molecule has 0 N–H and O–H groups in total. The van der Waals surface area contributed by atoms with Crippen LogP contribution < -0.4 is 4.90 Å². The Kier molecular flexibility index (Phi) is 4.31. The highest BCUT2D eigenvalue weighted by Gasteiger charge is 2.40. The number of carbonyl (C=O) groups is 1. The average Bonchev–Trinajstić information content (AvgIpc) is 2.80. The minimum Gasteiger partial charge on any atom is -0.310 e. The lowest BCUT2D eigenvalue weighted by Crippen LogP contribution is -2.29. The molecular weight excluding hydrogens is 333 g/mol.